The van der Waals surface area contributed by atoms with Crippen molar-refractivity contribution in [3.63, 3.8) is 0 Å². The van der Waals surface area contributed by atoms with Crippen LogP contribution in [0.1, 0.15) is 25.6 Å². The second-order valence-electron chi connectivity index (χ2n) is 5.52. The lowest BCUT2D eigenvalue weighted by molar-refractivity contribution is 0.126. The Balaban J connectivity index is 2.19. The molecule has 0 saturated carbocycles. The summed E-state index contributed by atoms with van der Waals surface area (Å²) in [5.41, 5.74) is 14.5. The van der Waals surface area contributed by atoms with Crippen molar-refractivity contribution in [1.29, 1.82) is 0 Å². The van der Waals surface area contributed by atoms with E-state index in [1.807, 2.05) is 25.1 Å². The van der Waals surface area contributed by atoms with Crippen molar-refractivity contribution >= 4 is 27.8 Å². The molecule has 0 fully saturated rings. The molecule has 0 aliphatic heterocycles. The van der Waals surface area contributed by atoms with Gasteiger partial charge in [-0.3, -0.25) is 0 Å². The molecule has 0 saturated heterocycles. The molecule has 0 bridgehead atoms. The Kier molecular flexibility index (Phi) is 4.73. The summed E-state index contributed by atoms with van der Waals surface area (Å²) >= 11 is 0. The number of hydrogen-bond acceptors (Lipinski definition) is 5. The second kappa shape index (κ2) is 6.93. The van der Waals surface area contributed by atoms with E-state index in [1.54, 1.807) is 0 Å². The third kappa shape index (κ3) is 3.00. The van der Waals surface area contributed by atoms with E-state index in [0.29, 0.717) is 25.6 Å². The highest BCUT2D eigenvalue weighted by molar-refractivity contribution is 6.06. The predicted molar refractivity (Wildman–Crippen MR) is 93.1 cm³/mol. The monoisotopic (exact) mass is 313 g/mol. The normalized spacial score (nSPS) is 11.6. The van der Waals surface area contributed by atoms with Gasteiger partial charge in [-0.15, -0.1) is 0 Å². The van der Waals surface area contributed by atoms with Crippen molar-refractivity contribution < 1.29 is 4.74 Å². The molecule has 6 nitrogen and oxygen atoms in total. The van der Waals surface area contributed by atoms with Gasteiger partial charge in [0.25, 0.3) is 0 Å². The number of aromatic nitrogens is 3. The van der Waals surface area contributed by atoms with Gasteiger partial charge in [-0.05, 0) is 32.4 Å². The van der Waals surface area contributed by atoms with Crippen LogP contribution in [0.5, 0.6) is 0 Å². The Morgan fingerprint density at radius 2 is 2.00 bits per heavy atom. The number of benzene rings is 1. The molecule has 0 amide bonds. The molecule has 122 valence electrons. The lowest BCUT2D eigenvalue weighted by atomic mass is 10.2. The number of nitrogens with zero attached hydrogens (tertiary/aromatic N) is 3. The summed E-state index contributed by atoms with van der Waals surface area (Å²) in [6.45, 7) is 4.65. The number of nitrogen functional groups attached to an aromatic ring is 1. The molecule has 0 radical (unpaired) electrons. The van der Waals surface area contributed by atoms with Crippen LogP contribution in [-0.4, -0.2) is 27.7 Å². The van der Waals surface area contributed by atoms with Gasteiger partial charge in [0.05, 0.1) is 11.0 Å². The minimum Gasteiger partial charge on any atom is -0.382 e. The number of nitrogens with two attached hydrogens (primary N) is 2. The molecule has 1 aromatic carbocycles. The predicted octanol–water partition coefficient (Wildman–Crippen LogP) is 2.44. The van der Waals surface area contributed by atoms with Gasteiger partial charge in [0.15, 0.2) is 5.82 Å². The topological polar surface area (TPSA) is 92.0 Å². The van der Waals surface area contributed by atoms with Crippen molar-refractivity contribution in [3.05, 3.63) is 30.1 Å². The largest absolute Gasteiger partial charge is 0.382 e. The van der Waals surface area contributed by atoms with Crippen molar-refractivity contribution in [2.24, 2.45) is 5.73 Å². The second-order valence-corrected chi connectivity index (χ2v) is 5.52. The van der Waals surface area contributed by atoms with Crippen LogP contribution in [0, 0.1) is 0 Å². The third-order valence-corrected chi connectivity index (χ3v) is 3.96. The van der Waals surface area contributed by atoms with Crippen molar-refractivity contribution in [2.75, 3.05) is 18.9 Å². The van der Waals surface area contributed by atoms with E-state index < -0.39 is 0 Å². The smallest absolute Gasteiger partial charge is 0.152 e. The molecule has 4 N–H and O–H groups in total. The number of imidazole rings is 1. The molecule has 3 aromatic rings. The van der Waals surface area contributed by atoms with Crippen LogP contribution in [0.4, 0.5) is 5.82 Å². The van der Waals surface area contributed by atoms with Gasteiger partial charge >= 0.3 is 0 Å². The van der Waals surface area contributed by atoms with E-state index in [9.17, 15) is 0 Å². The van der Waals surface area contributed by atoms with E-state index >= 15 is 0 Å². The minimum absolute atomic E-state index is 0.467. The van der Waals surface area contributed by atoms with E-state index in [4.69, 9.17) is 21.2 Å². The first-order chi connectivity index (χ1) is 11.3. The molecule has 0 aliphatic rings. The number of unbranched alkanes of at least 4 members (excludes halogenated alkanes) is 1. The van der Waals surface area contributed by atoms with Crippen LogP contribution < -0.4 is 11.5 Å². The standard InChI is InChI=1S/C17H23N5O/c1-2-23-11-14-21-15-16(22(14)10-6-5-9-18)12-7-3-4-8-13(12)20-17(15)19/h3-4,7-8H,2,5-6,9-11,18H2,1H3,(H2,19,20). The fourth-order valence-electron chi connectivity index (χ4n) is 2.86. The van der Waals surface area contributed by atoms with Crippen molar-refractivity contribution in [2.45, 2.75) is 32.9 Å². The van der Waals surface area contributed by atoms with Gasteiger partial charge in [-0.1, -0.05) is 18.2 Å². The number of fused-ring (bicyclic) bond motifs is 3. The maximum atomic E-state index is 6.14. The first kappa shape index (κ1) is 15.7. The van der Waals surface area contributed by atoms with Crippen LogP contribution in [0.2, 0.25) is 0 Å². The summed E-state index contributed by atoms with van der Waals surface area (Å²) in [7, 11) is 0. The number of ether oxygens (including phenoxy) is 1. The molecule has 0 spiro atoms. The summed E-state index contributed by atoms with van der Waals surface area (Å²) in [4.78, 5) is 9.17. The molecular weight excluding hydrogens is 290 g/mol. The number of para-hydroxylation sites is 1. The minimum atomic E-state index is 0.467. The Bertz CT molecular complexity index is 811. The van der Waals surface area contributed by atoms with Crippen LogP contribution in [0.25, 0.3) is 21.9 Å². The zero-order valence-corrected chi connectivity index (χ0v) is 13.5. The van der Waals surface area contributed by atoms with Gasteiger partial charge < -0.3 is 20.8 Å². The maximum absolute atomic E-state index is 6.14. The molecule has 2 aromatic heterocycles. The molecule has 2 heterocycles. The Labute approximate surface area is 135 Å². The number of aryl methyl sites for hydroxylation is 1. The van der Waals surface area contributed by atoms with Gasteiger partial charge in [-0.25, -0.2) is 9.97 Å². The van der Waals surface area contributed by atoms with Crippen LogP contribution in [-0.2, 0) is 17.9 Å². The van der Waals surface area contributed by atoms with Crippen LogP contribution in [0.15, 0.2) is 24.3 Å². The average molecular weight is 313 g/mol. The van der Waals surface area contributed by atoms with Crippen LogP contribution >= 0.6 is 0 Å². The molecule has 6 heteroatoms. The Morgan fingerprint density at radius 1 is 1.17 bits per heavy atom. The fourth-order valence-corrected chi connectivity index (χ4v) is 2.86. The third-order valence-electron chi connectivity index (χ3n) is 3.96. The van der Waals surface area contributed by atoms with E-state index in [2.05, 4.69) is 15.6 Å². The number of rotatable bonds is 7. The first-order valence-corrected chi connectivity index (χ1v) is 8.07. The first-order valence-electron chi connectivity index (χ1n) is 8.07. The van der Waals surface area contributed by atoms with Crippen LogP contribution in [0.3, 0.4) is 0 Å². The van der Waals surface area contributed by atoms with Gasteiger partial charge in [0.2, 0.25) is 0 Å². The van der Waals surface area contributed by atoms with Crippen molar-refractivity contribution in [3.8, 4) is 0 Å². The summed E-state index contributed by atoms with van der Waals surface area (Å²) in [5.74, 6) is 1.36. The van der Waals surface area contributed by atoms with E-state index in [0.717, 1.165) is 47.1 Å². The highest BCUT2D eigenvalue weighted by Crippen LogP contribution is 2.29. The zero-order valence-electron chi connectivity index (χ0n) is 13.5. The molecule has 3 rings (SSSR count). The zero-order chi connectivity index (χ0) is 16.2. The summed E-state index contributed by atoms with van der Waals surface area (Å²) in [6.07, 6.45) is 1.98. The molecule has 23 heavy (non-hydrogen) atoms. The highest BCUT2D eigenvalue weighted by Gasteiger charge is 2.16. The fraction of sp³-hybridized carbons (Fsp3) is 0.412. The summed E-state index contributed by atoms with van der Waals surface area (Å²) < 4.78 is 7.79. The Hall–Kier alpha value is -2.18. The van der Waals surface area contributed by atoms with Gasteiger partial charge in [0.1, 0.15) is 17.9 Å². The Morgan fingerprint density at radius 3 is 2.78 bits per heavy atom. The average Bonchev–Trinajstić information content (AvgIpc) is 2.93. The number of pyridine rings is 1. The van der Waals surface area contributed by atoms with Crippen molar-refractivity contribution in [1.82, 2.24) is 14.5 Å². The van der Waals surface area contributed by atoms with Gasteiger partial charge in [-0.2, -0.15) is 0 Å². The molecule has 0 atom stereocenters. The number of anilines is 1. The van der Waals surface area contributed by atoms with Gasteiger partial charge in [0, 0.05) is 18.5 Å². The molecular formula is C17H23N5O. The number of hydrogen-bond donors (Lipinski definition) is 2. The summed E-state index contributed by atoms with van der Waals surface area (Å²) in [6, 6.07) is 8.02. The lowest BCUT2D eigenvalue weighted by Gasteiger charge is -2.10. The van der Waals surface area contributed by atoms with E-state index in [1.165, 1.54) is 0 Å². The van der Waals surface area contributed by atoms with E-state index in [-0.39, 0.29) is 0 Å². The lowest BCUT2D eigenvalue weighted by Crippen LogP contribution is -2.08. The molecule has 0 aliphatic carbocycles. The quantitative estimate of drug-likeness (QED) is 0.654. The maximum Gasteiger partial charge on any atom is 0.152 e. The SMILES string of the molecule is CCOCc1nc2c(N)nc3ccccc3c2n1CCCCN. The molecule has 0 unspecified atom stereocenters. The summed E-state index contributed by atoms with van der Waals surface area (Å²) in [5, 5.41) is 1.07. The highest BCUT2D eigenvalue weighted by atomic mass is 16.5.